The number of methoxy groups -OCH3 is 2. The van der Waals surface area contributed by atoms with Gasteiger partial charge in [0, 0.05) is 57.3 Å². The Labute approximate surface area is 261 Å². The molecule has 0 unspecified atom stereocenters. The molecule has 0 bridgehead atoms. The maximum atomic E-state index is 12.6. The molecule has 234 valence electrons. The molecule has 45 heavy (non-hydrogen) atoms. The van der Waals surface area contributed by atoms with E-state index in [1.54, 1.807) is 13.0 Å². The van der Waals surface area contributed by atoms with Crippen molar-refractivity contribution in [2.24, 2.45) is 4.99 Å². The lowest BCUT2D eigenvalue weighted by molar-refractivity contribution is -0.141. The largest absolute Gasteiger partial charge is 0.469 e. The number of amides is 2. The molecule has 0 spiro atoms. The second kappa shape index (κ2) is 13.6. The summed E-state index contributed by atoms with van der Waals surface area (Å²) in [5.74, 6) is -1.24. The van der Waals surface area contributed by atoms with Crippen LogP contribution in [0.15, 0.2) is 52.2 Å². The topological polar surface area (TPSA) is 143 Å². The highest BCUT2D eigenvalue weighted by Crippen LogP contribution is 2.30. The highest BCUT2D eigenvalue weighted by molar-refractivity contribution is 6.31. The second-order valence-corrected chi connectivity index (χ2v) is 10.9. The van der Waals surface area contributed by atoms with E-state index in [1.165, 1.54) is 20.3 Å². The standard InChI is InChI=1S/C35H38N4O6/c1-9-22-18(3)26(36-29(22)16-28-19(4)23(10-2)35(43)38-28)15-27-20(5)24(11-13-32(40)44-7)30(37-27)17-31-25(12-14-33(41)45-8)21(6)34(42)39-31/h9-10,15-17,36-37H,1-2,11-14H2,3-8H3,(H,39,42). The van der Waals surface area contributed by atoms with Gasteiger partial charge < -0.3 is 24.8 Å². The molecule has 0 aromatic carbocycles. The van der Waals surface area contributed by atoms with Crippen LogP contribution >= 0.6 is 0 Å². The van der Waals surface area contributed by atoms with Crippen molar-refractivity contribution in [1.82, 2.24) is 15.3 Å². The van der Waals surface area contributed by atoms with Gasteiger partial charge in [-0.1, -0.05) is 25.3 Å². The summed E-state index contributed by atoms with van der Waals surface area (Å²) in [4.78, 5) is 59.9. The van der Waals surface area contributed by atoms with E-state index < -0.39 is 0 Å². The SMILES string of the molecule is C=CC1=C(C)C(C=c2[nH]c(=Cc3[nH]c(C=C4NC(=O)C(C)=C4CCC(=O)OC)c(CCC(=O)OC)c3C)c(C)c2C=C)=NC1=O. The molecule has 0 radical (unpaired) electrons. The van der Waals surface area contributed by atoms with Crippen LogP contribution in [0.1, 0.15) is 66.8 Å². The van der Waals surface area contributed by atoms with E-state index in [-0.39, 0.29) is 36.6 Å². The molecule has 10 nitrogen and oxygen atoms in total. The predicted octanol–water partition coefficient (Wildman–Crippen LogP) is 3.54. The molecule has 0 saturated heterocycles. The van der Waals surface area contributed by atoms with Crippen molar-refractivity contribution in [3.8, 4) is 0 Å². The van der Waals surface area contributed by atoms with Crippen LogP contribution in [0.5, 0.6) is 0 Å². The number of ether oxygens (including phenoxy) is 2. The number of H-pyrrole nitrogens is 2. The zero-order valence-electron chi connectivity index (χ0n) is 26.5. The monoisotopic (exact) mass is 610 g/mol. The van der Waals surface area contributed by atoms with Gasteiger partial charge in [-0.25, -0.2) is 4.99 Å². The number of hydrogen-bond donors (Lipinski definition) is 3. The fraction of sp³-hybridized carbons (Fsp3) is 0.286. The quantitative estimate of drug-likeness (QED) is 0.332. The molecule has 2 aliphatic rings. The molecule has 2 aromatic heterocycles. The predicted molar refractivity (Wildman–Crippen MR) is 174 cm³/mol. The van der Waals surface area contributed by atoms with E-state index in [9.17, 15) is 19.2 Å². The van der Waals surface area contributed by atoms with Crippen LogP contribution in [0.4, 0.5) is 0 Å². The summed E-state index contributed by atoms with van der Waals surface area (Å²) < 4.78 is 9.68. The lowest BCUT2D eigenvalue weighted by Crippen LogP contribution is -2.15. The Morgan fingerprint density at radius 2 is 1.47 bits per heavy atom. The summed E-state index contributed by atoms with van der Waals surface area (Å²) in [7, 11) is 2.68. The van der Waals surface area contributed by atoms with E-state index >= 15 is 0 Å². The molecule has 3 N–H and O–H groups in total. The maximum absolute atomic E-state index is 12.6. The average molecular weight is 611 g/mol. The summed E-state index contributed by atoms with van der Waals surface area (Å²) in [6.07, 6.45) is 9.97. The Balaban J connectivity index is 1.84. The van der Waals surface area contributed by atoms with Crippen molar-refractivity contribution < 1.29 is 28.7 Å². The van der Waals surface area contributed by atoms with Crippen LogP contribution < -0.4 is 16.0 Å². The van der Waals surface area contributed by atoms with Crippen molar-refractivity contribution in [1.29, 1.82) is 0 Å². The average Bonchev–Trinajstić information content (AvgIpc) is 3.66. The van der Waals surface area contributed by atoms with Gasteiger partial charge in [0.1, 0.15) is 0 Å². The molecule has 2 aromatic rings. The first-order chi connectivity index (χ1) is 21.4. The Morgan fingerprint density at radius 3 is 2.07 bits per heavy atom. The Kier molecular flexibility index (Phi) is 9.86. The van der Waals surface area contributed by atoms with Crippen LogP contribution in [0.3, 0.4) is 0 Å². The summed E-state index contributed by atoms with van der Waals surface area (Å²) in [5, 5.41) is 4.48. The number of allylic oxidation sites excluding steroid dienone is 2. The van der Waals surface area contributed by atoms with Gasteiger partial charge in [-0.05, 0) is 86.6 Å². The zero-order chi connectivity index (χ0) is 33.0. The third kappa shape index (κ3) is 6.64. The van der Waals surface area contributed by atoms with Gasteiger partial charge in [-0.2, -0.15) is 0 Å². The van der Waals surface area contributed by atoms with Crippen LogP contribution in [-0.4, -0.2) is 53.7 Å². The third-order valence-corrected chi connectivity index (χ3v) is 8.31. The first-order valence-corrected chi connectivity index (χ1v) is 14.5. The van der Waals surface area contributed by atoms with E-state index in [0.717, 1.165) is 55.5 Å². The Bertz CT molecular complexity index is 1890. The van der Waals surface area contributed by atoms with Crippen molar-refractivity contribution in [3.63, 3.8) is 0 Å². The smallest absolute Gasteiger partial charge is 0.305 e. The number of nitrogens with zero attached hydrogens (tertiary/aromatic N) is 1. The van der Waals surface area contributed by atoms with Gasteiger partial charge in [-0.3, -0.25) is 19.2 Å². The maximum Gasteiger partial charge on any atom is 0.305 e. The Morgan fingerprint density at radius 1 is 0.800 bits per heavy atom. The molecule has 0 fully saturated rings. The number of carbonyl (C=O) groups is 4. The van der Waals surface area contributed by atoms with E-state index in [1.807, 2.05) is 39.0 Å². The van der Waals surface area contributed by atoms with Gasteiger partial charge in [0.15, 0.2) is 0 Å². The number of rotatable bonds is 11. The first kappa shape index (κ1) is 32.7. The van der Waals surface area contributed by atoms with Crippen LogP contribution in [0.25, 0.3) is 24.3 Å². The molecule has 0 aliphatic carbocycles. The summed E-state index contributed by atoms with van der Waals surface area (Å²) in [6.45, 7) is 15.2. The number of esters is 2. The summed E-state index contributed by atoms with van der Waals surface area (Å²) in [6, 6.07) is 0. The van der Waals surface area contributed by atoms with Crippen molar-refractivity contribution in [2.45, 2.75) is 53.4 Å². The fourth-order valence-electron chi connectivity index (χ4n) is 5.54. The minimum atomic E-state index is -0.365. The number of hydrogen-bond acceptors (Lipinski definition) is 6. The lowest BCUT2D eigenvalue weighted by Gasteiger charge is -2.07. The van der Waals surface area contributed by atoms with Gasteiger partial charge in [0.05, 0.1) is 19.9 Å². The number of carbonyl (C=O) groups excluding carboxylic acids is 4. The van der Waals surface area contributed by atoms with Crippen molar-refractivity contribution >= 4 is 53.8 Å². The molecule has 4 heterocycles. The molecule has 10 heteroatoms. The molecule has 4 rings (SSSR count). The lowest BCUT2D eigenvalue weighted by atomic mass is 10.0. The second-order valence-electron chi connectivity index (χ2n) is 10.9. The normalized spacial score (nSPS) is 16.6. The molecule has 0 atom stereocenters. The summed E-state index contributed by atoms with van der Waals surface area (Å²) >= 11 is 0. The number of nitrogens with one attached hydrogen (secondary N) is 3. The van der Waals surface area contributed by atoms with Gasteiger partial charge >= 0.3 is 11.9 Å². The van der Waals surface area contributed by atoms with Crippen LogP contribution in [0.2, 0.25) is 0 Å². The van der Waals surface area contributed by atoms with E-state index in [0.29, 0.717) is 35.4 Å². The fourth-order valence-corrected chi connectivity index (χ4v) is 5.54. The molecule has 2 amide bonds. The highest BCUT2D eigenvalue weighted by Gasteiger charge is 2.25. The third-order valence-electron chi connectivity index (χ3n) is 8.31. The van der Waals surface area contributed by atoms with Gasteiger partial charge in [0.25, 0.3) is 11.8 Å². The first-order valence-electron chi connectivity index (χ1n) is 14.5. The number of aliphatic imine (C=N–C) groups is 1. The van der Waals surface area contributed by atoms with Crippen molar-refractivity contribution in [3.05, 3.63) is 91.6 Å². The zero-order valence-corrected chi connectivity index (χ0v) is 26.5. The molecular weight excluding hydrogens is 572 g/mol. The minimum absolute atomic E-state index is 0.134. The highest BCUT2D eigenvalue weighted by atomic mass is 16.5. The van der Waals surface area contributed by atoms with Gasteiger partial charge in [0.2, 0.25) is 0 Å². The van der Waals surface area contributed by atoms with Gasteiger partial charge in [-0.15, -0.1) is 0 Å². The summed E-state index contributed by atoms with van der Waals surface area (Å²) in [5.41, 5.74) is 8.81. The van der Waals surface area contributed by atoms with E-state index in [4.69, 9.17) is 9.47 Å². The molecular formula is C35H38N4O6. The minimum Gasteiger partial charge on any atom is -0.469 e. The van der Waals surface area contributed by atoms with Crippen LogP contribution in [-0.2, 0) is 35.1 Å². The van der Waals surface area contributed by atoms with Crippen molar-refractivity contribution in [2.75, 3.05) is 14.2 Å². The number of aromatic amines is 2. The Hall–Kier alpha value is -5.25. The molecule has 2 aliphatic heterocycles. The molecule has 0 saturated carbocycles. The van der Waals surface area contributed by atoms with Crippen LogP contribution in [0, 0.1) is 13.8 Å². The van der Waals surface area contributed by atoms with E-state index in [2.05, 4.69) is 33.4 Å². The number of aromatic nitrogens is 2.